The minimum absolute atomic E-state index is 0.203. The van der Waals surface area contributed by atoms with Crippen molar-refractivity contribution in [2.24, 2.45) is 5.92 Å². The highest BCUT2D eigenvalue weighted by atomic mass is 16.5. The molecule has 0 aliphatic heterocycles. The first-order valence-corrected chi connectivity index (χ1v) is 6.17. The molecule has 3 nitrogen and oxygen atoms in total. The Morgan fingerprint density at radius 1 is 1.29 bits per heavy atom. The van der Waals surface area contributed by atoms with E-state index in [4.69, 9.17) is 4.74 Å². The van der Waals surface area contributed by atoms with Crippen LogP contribution in [0.4, 0.5) is 0 Å². The maximum atomic E-state index is 11.6. The third-order valence-electron chi connectivity index (χ3n) is 3.35. The molecule has 2 atom stereocenters. The Bertz CT molecular complexity index is 361. The van der Waals surface area contributed by atoms with Crippen molar-refractivity contribution in [3.63, 3.8) is 0 Å². The van der Waals surface area contributed by atoms with Crippen molar-refractivity contribution < 1.29 is 14.6 Å². The molecule has 0 spiro atoms. The van der Waals surface area contributed by atoms with E-state index in [9.17, 15) is 9.90 Å². The fourth-order valence-corrected chi connectivity index (χ4v) is 2.31. The monoisotopic (exact) mass is 234 g/mol. The lowest BCUT2D eigenvalue weighted by atomic mass is 10.0. The quantitative estimate of drug-likeness (QED) is 0.814. The molecule has 0 radical (unpaired) electrons. The van der Waals surface area contributed by atoms with E-state index in [0.717, 1.165) is 25.7 Å². The topological polar surface area (TPSA) is 46.5 Å². The summed E-state index contributed by atoms with van der Waals surface area (Å²) in [5, 5.41) is 9.63. The largest absolute Gasteiger partial charge is 0.462 e. The zero-order valence-electron chi connectivity index (χ0n) is 9.84. The summed E-state index contributed by atoms with van der Waals surface area (Å²) in [6, 6.07) is 8.99. The Balaban J connectivity index is 1.74. The van der Waals surface area contributed by atoms with Crippen LogP contribution in [0, 0.1) is 5.92 Å². The summed E-state index contributed by atoms with van der Waals surface area (Å²) in [5.41, 5.74) is 0.583. The molecular weight excluding hydrogens is 216 g/mol. The minimum Gasteiger partial charge on any atom is -0.462 e. The first-order valence-electron chi connectivity index (χ1n) is 6.17. The number of rotatable bonds is 4. The van der Waals surface area contributed by atoms with Gasteiger partial charge in [0, 0.05) is 0 Å². The van der Waals surface area contributed by atoms with Crippen LogP contribution in [0.3, 0.4) is 0 Å². The zero-order chi connectivity index (χ0) is 12.1. The Hall–Kier alpha value is -1.35. The van der Waals surface area contributed by atoms with Crippen LogP contribution >= 0.6 is 0 Å². The van der Waals surface area contributed by atoms with Crippen molar-refractivity contribution in [3.8, 4) is 0 Å². The van der Waals surface area contributed by atoms with Gasteiger partial charge in [0.2, 0.25) is 0 Å². The summed E-state index contributed by atoms with van der Waals surface area (Å²) < 4.78 is 5.19. The smallest absolute Gasteiger partial charge is 0.338 e. The number of benzene rings is 1. The van der Waals surface area contributed by atoms with Gasteiger partial charge in [0.1, 0.15) is 0 Å². The molecule has 1 saturated carbocycles. The van der Waals surface area contributed by atoms with Gasteiger partial charge in [0.25, 0.3) is 0 Å². The number of hydrogen-bond acceptors (Lipinski definition) is 3. The predicted octanol–water partition coefficient (Wildman–Crippen LogP) is 2.39. The molecule has 17 heavy (non-hydrogen) atoms. The molecule has 0 amide bonds. The standard InChI is InChI=1S/C14H18O3/c15-13-8-4-7-11(13)9-10-17-14(16)12-5-2-1-3-6-12/h1-3,5-6,11,13,15H,4,7-10H2/t11-,13-/m1/s1. The predicted molar refractivity (Wildman–Crippen MR) is 64.7 cm³/mol. The Morgan fingerprint density at radius 2 is 2.06 bits per heavy atom. The molecular formula is C14H18O3. The van der Waals surface area contributed by atoms with E-state index in [0.29, 0.717) is 18.1 Å². The summed E-state index contributed by atoms with van der Waals surface area (Å²) in [5.74, 6) is 0.0247. The normalized spacial score (nSPS) is 23.6. The van der Waals surface area contributed by atoms with Gasteiger partial charge in [-0.3, -0.25) is 0 Å². The number of hydrogen-bond donors (Lipinski definition) is 1. The van der Waals surface area contributed by atoms with Crippen molar-refractivity contribution in [1.29, 1.82) is 0 Å². The van der Waals surface area contributed by atoms with Crippen LogP contribution < -0.4 is 0 Å². The van der Waals surface area contributed by atoms with Gasteiger partial charge in [-0.2, -0.15) is 0 Å². The molecule has 1 aromatic rings. The van der Waals surface area contributed by atoms with E-state index in [1.54, 1.807) is 12.1 Å². The van der Waals surface area contributed by atoms with E-state index < -0.39 is 0 Å². The van der Waals surface area contributed by atoms with Crippen molar-refractivity contribution >= 4 is 5.97 Å². The third kappa shape index (κ3) is 3.30. The Kier molecular flexibility index (Phi) is 4.15. The summed E-state index contributed by atoms with van der Waals surface area (Å²) in [6.45, 7) is 0.398. The molecule has 0 unspecified atom stereocenters. The molecule has 0 saturated heterocycles. The lowest BCUT2D eigenvalue weighted by Gasteiger charge is -2.13. The average Bonchev–Trinajstić information content (AvgIpc) is 2.76. The molecule has 0 bridgehead atoms. The van der Waals surface area contributed by atoms with E-state index in [1.165, 1.54) is 0 Å². The molecule has 3 heteroatoms. The van der Waals surface area contributed by atoms with Gasteiger partial charge in [0.15, 0.2) is 0 Å². The van der Waals surface area contributed by atoms with Crippen LogP contribution in [0.2, 0.25) is 0 Å². The SMILES string of the molecule is O=C(OCC[C@H]1CCC[C@H]1O)c1ccccc1. The van der Waals surface area contributed by atoms with E-state index in [2.05, 4.69) is 0 Å². The van der Waals surface area contributed by atoms with Gasteiger partial charge >= 0.3 is 5.97 Å². The van der Waals surface area contributed by atoms with Crippen LogP contribution in [0.1, 0.15) is 36.0 Å². The molecule has 1 aliphatic carbocycles. The molecule has 1 fully saturated rings. The van der Waals surface area contributed by atoms with Crippen LogP contribution in [-0.4, -0.2) is 23.8 Å². The van der Waals surface area contributed by atoms with Crippen LogP contribution in [-0.2, 0) is 4.74 Å². The molecule has 0 aromatic heterocycles. The van der Waals surface area contributed by atoms with E-state index >= 15 is 0 Å². The summed E-state index contributed by atoms with van der Waals surface area (Å²) in [6.07, 6.45) is 3.57. The fraction of sp³-hybridized carbons (Fsp3) is 0.500. The van der Waals surface area contributed by atoms with E-state index in [1.807, 2.05) is 18.2 Å². The fourth-order valence-electron chi connectivity index (χ4n) is 2.31. The Morgan fingerprint density at radius 3 is 2.71 bits per heavy atom. The summed E-state index contributed by atoms with van der Waals surface area (Å²) in [7, 11) is 0. The highest BCUT2D eigenvalue weighted by molar-refractivity contribution is 5.89. The number of carbonyl (C=O) groups is 1. The number of carbonyl (C=O) groups excluding carboxylic acids is 1. The highest BCUT2D eigenvalue weighted by Gasteiger charge is 2.25. The zero-order valence-corrected chi connectivity index (χ0v) is 9.84. The minimum atomic E-state index is -0.280. The Labute approximate surface area is 101 Å². The first kappa shape index (κ1) is 12.1. The van der Waals surface area contributed by atoms with Gasteiger partial charge in [-0.25, -0.2) is 4.79 Å². The summed E-state index contributed by atoms with van der Waals surface area (Å²) in [4.78, 5) is 11.6. The van der Waals surface area contributed by atoms with Crippen molar-refractivity contribution in [1.82, 2.24) is 0 Å². The van der Waals surface area contributed by atoms with Crippen molar-refractivity contribution in [2.75, 3.05) is 6.61 Å². The second-order valence-electron chi connectivity index (χ2n) is 4.55. The van der Waals surface area contributed by atoms with Crippen molar-refractivity contribution in [2.45, 2.75) is 31.8 Å². The second-order valence-corrected chi connectivity index (χ2v) is 4.55. The average molecular weight is 234 g/mol. The molecule has 1 N–H and O–H groups in total. The number of aliphatic hydroxyl groups excluding tert-OH is 1. The maximum Gasteiger partial charge on any atom is 0.338 e. The number of aliphatic hydroxyl groups is 1. The lowest BCUT2D eigenvalue weighted by molar-refractivity contribution is 0.0436. The lowest BCUT2D eigenvalue weighted by Crippen LogP contribution is -2.16. The van der Waals surface area contributed by atoms with Gasteiger partial charge in [-0.05, 0) is 37.3 Å². The highest BCUT2D eigenvalue weighted by Crippen LogP contribution is 2.28. The van der Waals surface area contributed by atoms with Gasteiger partial charge < -0.3 is 9.84 Å². The molecule has 2 rings (SSSR count). The summed E-state index contributed by atoms with van der Waals surface area (Å²) >= 11 is 0. The third-order valence-corrected chi connectivity index (χ3v) is 3.35. The number of esters is 1. The molecule has 1 aromatic carbocycles. The molecule has 1 aliphatic rings. The van der Waals surface area contributed by atoms with Crippen LogP contribution in [0.15, 0.2) is 30.3 Å². The second kappa shape index (κ2) is 5.82. The van der Waals surface area contributed by atoms with E-state index in [-0.39, 0.29) is 12.1 Å². The van der Waals surface area contributed by atoms with Crippen LogP contribution in [0.25, 0.3) is 0 Å². The number of ether oxygens (including phenoxy) is 1. The maximum absolute atomic E-state index is 11.6. The van der Waals surface area contributed by atoms with Crippen LogP contribution in [0.5, 0.6) is 0 Å². The molecule has 92 valence electrons. The van der Waals surface area contributed by atoms with Gasteiger partial charge in [-0.1, -0.05) is 24.6 Å². The molecule has 0 heterocycles. The first-order chi connectivity index (χ1) is 8.27. The van der Waals surface area contributed by atoms with Crippen molar-refractivity contribution in [3.05, 3.63) is 35.9 Å². The van der Waals surface area contributed by atoms with Gasteiger partial charge in [-0.15, -0.1) is 0 Å². The van der Waals surface area contributed by atoms with Gasteiger partial charge in [0.05, 0.1) is 18.3 Å².